The Morgan fingerprint density at radius 2 is 2.06 bits per heavy atom. The molecule has 1 aromatic carbocycles. The predicted molar refractivity (Wildman–Crippen MR) is 52.6 cm³/mol. The van der Waals surface area contributed by atoms with Crippen molar-refractivity contribution in [3.05, 3.63) is 27.7 Å². The number of hydrogen-bond acceptors (Lipinski definition) is 3. The molecule has 0 aliphatic heterocycles. The van der Waals surface area contributed by atoms with Gasteiger partial charge in [0, 0.05) is 10.0 Å². The van der Waals surface area contributed by atoms with E-state index in [-0.39, 0.29) is 16.6 Å². The van der Waals surface area contributed by atoms with Crippen LogP contribution >= 0.6 is 15.9 Å². The van der Waals surface area contributed by atoms with Crippen molar-refractivity contribution in [2.24, 2.45) is 4.99 Å². The third kappa shape index (κ3) is 2.84. The Labute approximate surface area is 96.7 Å². The standard InChI is InChI=1S/C9H5BrF3NO2/c10-6-1-5(3-14-4-15)8(16)7(2-6)9(11,12)13/h1-2,16H,3H2. The lowest BCUT2D eigenvalue weighted by Crippen LogP contribution is -2.06. The summed E-state index contributed by atoms with van der Waals surface area (Å²) < 4.78 is 37.5. The number of nitrogens with zero attached hydrogens (tertiary/aromatic N) is 1. The Bertz CT molecular complexity index is 453. The van der Waals surface area contributed by atoms with Crippen LogP contribution in [0.2, 0.25) is 0 Å². The summed E-state index contributed by atoms with van der Waals surface area (Å²) in [5, 5.41) is 9.34. The van der Waals surface area contributed by atoms with Crippen molar-refractivity contribution in [2.75, 3.05) is 0 Å². The number of alkyl halides is 3. The minimum atomic E-state index is -4.66. The summed E-state index contributed by atoms with van der Waals surface area (Å²) in [6.07, 6.45) is -3.47. The first-order valence-corrected chi connectivity index (χ1v) is 4.77. The Hall–Kier alpha value is -1.33. The lowest BCUT2D eigenvalue weighted by Gasteiger charge is -2.12. The zero-order valence-corrected chi connectivity index (χ0v) is 9.26. The van der Waals surface area contributed by atoms with E-state index in [1.165, 1.54) is 12.1 Å². The minimum absolute atomic E-state index is 0.0925. The van der Waals surface area contributed by atoms with Gasteiger partial charge in [0.05, 0.1) is 12.1 Å². The summed E-state index contributed by atoms with van der Waals surface area (Å²) in [6, 6.07) is 2.01. The van der Waals surface area contributed by atoms with Gasteiger partial charge in [0.15, 0.2) is 0 Å². The lowest BCUT2D eigenvalue weighted by atomic mass is 10.1. The molecule has 16 heavy (non-hydrogen) atoms. The van der Waals surface area contributed by atoms with Crippen LogP contribution in [0.25, 0.3) is 0 Å². The number of isocyanates is 1. The van der Waals surface area contributed by atoms with Gasteiger partial charge >= 0.3 is 6.18 Å². The fraction of sp³-hybridized carbons (Fsp3) is 0.222. The van der Waals surface area contributed by atoms with Crippen molar-refractivity contribution in [2.45, 2.75) is 12.7 Å². The highest BCUT2D eigenvalue weighted by molar-refractivity contribution is 9.10. The van der Waals surface area contributed by atoms with Gasteiger partial charge in [-0.25, -0.2) is 9.79 Å². The monoisotopic (exact) mass is 295 g/mol. The van der Waals surface area contributed by atoms with E-state index in [0.717, 1.165) is 6.07 Å². The maximum Gasteiger partial charge on any atom is 0.420 e. The molecule has 0 amide bonds. The fourth-order valence-electron chi connectivity index (χ4n) is 1.11. The summed E-state index contributed by atoms with van der Waals surface area (Å²) in [5.41, 5.74) is -1.26. The Morgan fingerprint density at radius 1 is 1.44 bits per heavy atom. The number of phenolic OH excluding ortho intramolecular Hbond substituents is 1. The number of aromatic hydroxyl groups is 1. The van der Waals surface area contributed by atoms with Crippen molar-refractivity contribution in [3.8, 4) is 5.75 Å². The molecule has 3 nitrogen and oxygen atoms in total. The largest absolute Gasteiger partial charge is 0.507 e. The van der Waals surface area contributed by atoms with Gasteiger partial charge in [-0.1, -0.05) is 15.9 Å². The molecule has 7 heteroatoms. The SMILES string of the molecule is O=C=NCc1cc(Br)cc(C(F)(F)F)c1O. The van der Waals surface area contributed by atoms with Crippen LogP contribution in [0.1, 0.15) is 11.1 Å². The number of benzene rings is 1. The van der Waals surface area contributed by atoms with E-state index in [4.69, 9.17) is 0 Å². The van der Waals surface area contributed by atoms with Gasteiger partial charge in [-0.2, -0.15) is 13.2 Å². The van der Waals surface area contributed by atoms with Crippen molar-refractivity contribution in [1.82, 2.24) is 0 Å². The van der Waals surface area contributed by atoms with Crippen LogP contribution in [0, 0.1) is 0 Å². The van der Waals surface area contributed by atoms with Crippen LogP contribution < -0.4 is 0 Å². The summed E-state index contributed by atoms with van der Waals surface area (Å²) in [7, 11) is 0. The fourth-order valence-corrected chi connectivity index (χ4v) is 1.62. The molecule has 0 aliphatic rings. The maximum absolute atomic E-state index is 12.4. The van der Waals surface area contributed by atoms with Gasteiger partial charge in [0.2, 0.25) is 6.08 Å². The molecule has 0 saturated carbocycles. The molecule has 0 aliphatic carbocycles. The topological polar surface area (TPSA) is 49.7 Å². The summed E-state index contributed by atoms with van der Waals surface area (Å²) in [4.78, 5) is 13.0. The number of carbonyl (C=O) groups excluding carboxylic acids is 1. The van der Waals surface area contributed by atoms with E-state index in [2.05, 4.69) is 20.9 Å². The maximum atomic E-state index is 12.4. The highest BCUT2D eigenvalue weighted by atomic mass is 79.9. The number of rotatable bonds is 2. The van der Waals surface area contributed by atoms with E-state index in [1.54, 1.807) is 0 Å². The van der Waals surface area contributed by atoms with Gasteiger partial charge < -0.3 is 5.11 Å². The van der Waals surface area contributed by atoms with Crippen LogP contribution in [-0.2, 0) is 17.5 Å². The molecule has 0 spiro atoms. The second kappa shape index (κ2) is 4.67. The van der Waals surface area contributed by atoms with Crippen LogP contribution in [0.5, 0.6) is 5.75 Å². The smallest absolute Gasteiger partial charge is 0.420 e. The summed E-state index contributed by atoms with van der Waals surface area (Å²) in [5.74, 6) is -0.922. The highest BCUT2D eigenvalue weighted by Crippen LogP contribution is 2.39. The average Bonchev–Trinajstić information content (AvgIpc) is 2.17. The van der Waals surface area contributed by atoms with Crippen LogP contribution in [-0.4, -0.2) is 11.2 Å². The molecule has 0 bridgehead atoms. The van der Waals surface area contributed by atoms with Crippen LogP contribution in [0.4, 0.5) is 13.2 Å². The lowest BCUT2D eigenvalue weighted by molar-refractivity contribution is -0.138. The first-order chi connectivity index (χ1) is 7.36. The zero-order chi connectivity index (χ0) is 12.3. The van der Waals surface area contributed by atoms with Crippen LogP contribution in [0.15, 0.2) is 21.6 Å². The van der Waals surface area contributed by atoms with E-state index < -0.39 is 17.5 Å². The van der Waals surface area contributed by atoms with E-state index in [1.807, 2.05) is 0 Å². The van der Waals surface area contributed by atoms with E-state index >= 15 is 0 Å². The van der Waals surface area contributed by atoms with Gasteiger partial charge in [-0.3, -0.25) is 0 Å². The molecule has 0 aromatic heterocycles. The molecule has 0 radical (unpaired) electrons. The third-order valence-corrected chi connectivity index (χ3v) is 2.23. The van der Waals surface area contributed by atoms with Crippen molar-refractivity contribution in [3.63, 3.8) is 0 Å². The zero-order valence-electron chi connectivity index (χ0n) is 7.68. The minimum Gasteiger partial charge on any atom is -0.507 e. The van der Waals surface area contributed by atoms with Gasteiger partial charge in [-0.05, 0) is 12.1 Å². The molecule has 0 fully saturated rings. The second-order valence-corrected chi connectivity index (χ2v) is 3.78. The first kappa shape index (κ1) is 12.7. The van der Waals surface area contributed by atoms with Crippen molar-refractivity contribution in [1.29, 1.82) is 0 Å². The molecule has 0 unspecified atom stereocenters. The number of aliphatic imine (C=N–C) groups is 1. The summed E-state index contributed by atoms with van der Waals surface area (Å²) in [6.45, 7) is -0.349. The van der Waals surface area contributed by atoms with E-state index in [9.17, 15) is 23.1 Å². The molecular weight excluding hydrogens is 291 g/mol. The number of hydrogen-bond donors (Lipinski definition) is 1. The van der Waals surface area contributed by atoms with Crippen LogP contribution in [0.3, 0.4) is 0 Å². The Morgan fingerprint density at radius 3 is 2.56 bits per heavy atom. The van der Waals surface area contributed by atoms with Gasteiger partial charge in [-0.15, -0.1) is 0 Å². The number of halogens is 4. The quantitative estimate of drug-likeness (QED) is 0.673. The Balaban J connectivity index is 3.31. The normalized spacial score (nSPS) is 11.0. The predicted octanol–water partition coefficient (Wildman–Crippen LogP) is 3.01. The highest BCUT2D eigenvalue weighted by Gasteiger charge is 2.35. The molecule has 0 atom stereocenters. The number of phenols is 1. The molecule has 86 valence electrons. The van der Waals surface area contributed by atoms with Gasteiger partial charge in [0.25, 0.3) is 0 Å². The van der Waals surface area contributed by atoms with Crippen molar-refractivity contribution < 1.29 is 23.1 Å². The third-order valence-electron chi connectivity index (χ3n) is 1.77. The summed E-state index contributed by atoms with van der Waals surface area (Å²) >= 11 is 2.88. The second-order valence-electron chi connectivity index (χ2n) is 2.87. The average molecular weight is 296 g/mol. The molecule has 1 rings (SSSR count). The van der Waals surface area contributed by atoms with Gasteiger partial charge in [0.1, 0.15) is 5.75 Å². The molecule has 0 saturated heterocycles. The first-order valence-electron chi connectivity index (χ1n) is 3.98. The molecule has 0 heterocycles. The molecular formula is C9H5BrF3NO2. The van der Waals surface area contributed by atoms with Crippen molar-refractivity contribution >= 4 is 22.0 Å². The molecule has 1 N–H and O–H groups in total. The molecule has 1 aromatic rings. The van der Waals surface area contributed by atoms with E-state index in [0.29, 0.717) is 0 Å². The Kier molecular flexibility index (Phi) is 3.72.